The van der Waals surface area contributed by atoms with Gasteiger partial charge in [0.05, 0.1) is 37.2 Å². The quantitative estimate of drug-likeness (QED) is 0.366. The van der Waals surface area contributed by atoms with Crippen LogP contribution in [0, 0.1) is 20.2 Å². The molecule has 148 valence electrons. The topological polar surface area (TPSA) is 128 Å². The van der Waals surface area contributed by atoms with Crippen molar-refractivity contribution in [1.29, 1.82) is 0 Å². The molecule has 13 heteroatoms. The summed E-state index contributed by atoms with van der Waals surface area (Å²) in [5.41, 5.74) is -0.650. The molecule has 0 spiro atoms. The number of nitro groups is 2. The van der Waals surface area contributed by atoms with Gasteiger partial charge in [-0.25, -0.2) is 4.98 Å². The van der Waals surface area contributed by atoms with Crippen molar-refractivity contribution in [3.63, 3.8) is 0 Å². The van der Waals surface area contributed by atoms with Crippen LogP contribution in [0.25, 0.3) is 11.3 Å². The van der Waals surface area contributed by atoms with E-state index >= 15 is 0 Å². The molecule has 0 atom stereocenters. The summed E-state index contributed by atoms with van der Waals surface area (Å²) in [6.07, 6.45) is 0. The summed E-state index contributed by atoms with van der Waals surface area (Å²) >= 11 is 18.8. The van der Waals surface area contributed by atoms with Gasteiger partial charge in [-0.1, -0.05) is 40.9 Å². The van der Waals surface area contributed by atoms with Crippen LogP contribution in [0.5, 0.6) is 0 Å². The first-order valence-corrected chi connectivity index (χ1v) is 9.53. The highest BCUT2D eigenvalue weighted by atomic mass is 35.5. The number of rotatable bonds is 5. The van der Waals surface area contributed by atoms with E-state index in [1.165, 1.54) is 0 Å². The molecule has 2 aromatic carbocycles. The number of anilines is 1. The number of amides is 1. The van der Waals surface area contributed by atoms with Gasteiger partial charge in [0.25, 0.3) is 17.3 Å². The Hall–Kier alpha value is -2.79. The van der Waals surface area contributed by atoms with E-state index in [9.17, 15) is 25.0 Å². The van der Waals surface area contributed by atoms with Gasteiger partial charge >= 0.3 is 0 Å². The van der Waals surface area contributed by atoms with Crippen LogP contribution in [0.2, 0.25) is 15.1 Å². The Bertz CT molecular complexity index is 1170. The molecule has 0 aliphatic heterocycles. The fourth-order valence-electron chi connectivity index (χ4n) is 2.28. The van der Waals surface area contributed by atoms with E-state index in [0.29, 0.717) is 27.4 Å². The van der Waals surface area contributed by atoms with Crippen molar-refractivity contribution in [2.45, 2.75) is 0 Å². The molecule has 0 unspecified atom stereocenters. The third kappa shape index (κ3) is 4.46. The van der Waals surface area contributed by atoms with Gasteiger partial charge in [0.1, 0.15) is 5.02 Å². The zero-order chi connectivity index (χ0) is 21.3. The van der Waals surface area contributed by atoms with Gasteiger partial charge in [-0.3, -0.25) is 30.3 Å². The van der Waals surface area contributed by atoms with Gasteiger partial charge in [-0.2, -0.15) is 0 Å². The van der Waals surface area contributed by atoms with Crippen LogP contribution in [0.1, 0.15) is 10.4 Å². The van der Waals surface area contributed by atoms with Gasteiger partial charge in [0, 0.05) is 17.0 Å². The molecule has 9 nitrogen and oxygen atoms in total. The van der Waals surface area contributed by atoms with Crippen LogP contribution < -0.4 is 5.32 Å². The van der Waals surface area contributed by atoms with Crippen LogP contribution in [0.4, 0.5) is 16.5 Å². The van der Waals surface area contributed by atoms with Crippen LogP contribution in [0.15, 0.2) is 35.7 Å². The first-order chi connectivity index (χ1) is 13.7. The van der Waals surface area contributed by atoms with Gasteiger partial charge in [0.2, 0.25) is 0 Å². The molecule has 0 aliphatic carbocycles. The number of non-ortho nitro benzene ring substituents is 1. The van der Waals surface area contributed by atoms with E-state index in [0.717, 1.165) is 17.4 Å². The fraction of sp³-hybridized carbons (Fsp3) is 0. The number of nitrogens with zero attached hydrogens (tertiary/aromatic N) is 3. The molecule has 1 N–H and O–H groups in total. The minimum atomic E-state index is -0.905. The number of nitro benzene ring substituents is 2. The van der Waals surface area contributed by atoms with E-state index < -0.39 is 37.7 Å². The molecule has 3 aromatic rings. The number of nitrogens with one attached hydrogen (secondary N) is 1. The molecule has 0 saturated heterocycles. The maximum absolute atomic E-state index is 12.5. The Labute approximate surface area is 181 Å². The summed E-state index contributed by atoms with van der Waals surface area (Å²) in [5, 5.41) is 26.5. The highest BCUT2D eigenvalue weighted by molar-refractivity contribution is 7.14. The Balaban J connectivity index is 1.91. The number of hydrogen-bond donors (Lipinski definition) is 1. The fourth-order valence-corrected chi connectivity index (χ4v) is 3.56. The highest BCUT2D eigenvalue weighted by Crippen LogP contribution is 2.34. The average molecular weight is 474 g/mol. The number of benzene rings is 2. The van der Waals surface area contributed by atoms with Crippen LogP contribution >= 0.6 is 46.1 Å². The van der Waals surface area contributed by atoms with Crippen molar-refractivity contribution < 1.29 is 14.6 Å². The molecule has 0 saturated carbocycles. The lowest BCUT2D eigenvalue weighted by Gasteiger charge is -2.05. The molecule has 0 fully saturated rings. The molecule has 1 aromatic heterocycles. The summed E-state index contributed by atoms with van der Waals surface area (Å²) in [6, 6.07) is 6.43. The Kier molecular flexibility index (Phi) is 5.99. The Morgan fingerprint density at radius 3 is 2.38 bits per heavy atom. The second-order valence-electron chi connectivity index (χ2n) is 5.46. The molecule has 1 heterocycles. The molecule has 29 heavy (non-hydrogen) atoms. The summed E-state index contributed by atoms with van der Waals surface area (Å²) < 4.78 is 0. The van der Waals surface area contributed by atoms with Crippen LogP contribution in [0.3, 0.4) is 0 Å². The second kappa shape index (κ2) is 8.29. The van der Waals surface area contributed by atoms with E-state index in [-0.39, 0.29) is 5.13 Å². The molecule has 0 aliphatic rings. The predicted molar refractivity (Wildman–Crippen MR) is 110 cm³/mol. The maximum atomic E-state index is 12.5. The van der Waals surface area contributed by atoms with Crippen molar-refractivity contribution in [2.24, 2.45) is 0 Å². The SMILES string of the molecule is O=C(Nc1nc(-c2ccc(Cl)c(Cl)c2)cs1)c1cc([N+](=O)[O-])cc([N+](=O)[O-])c1Cl. The van der Waals surface area contributed by atoms with Crippen molar-refractivity contribution in [3.8, 4) is 11.3 Å². The van der Waals surface area contributed by atoms with E-state index in [4.69, 9.17) is 34.8 Å². The van der Waals surface area contributed by atoms with E-state index in [1.54, 1.807) is 23.6 Å². The third-order valence-electron chi connectivity index (χ3n) is 3.63. The number of carbonyl (C=O) groups is 1. The smallest absolute Gasteiger partial charge is 0.295 e. The van der Waals surface area contributed by atoms with Crippen molar-refractivity contribution in [2.75, 3.05) is 5.32 Å². The second-order valence-corrected chi connectivity index (χ2v) is 7.51. The van der Waals surface area contributed by atoms with Crippen molar-refractivity contribution in [3.05, 3.63) is 76.6 Å². The van der Waals surface area contributed by atoms with Gasteiger partial charge in [-0.05, 0) is 12.1 Å². The minimum Gasteiger partial charge on any atom is -0.298 e. The number of carbonyl (C=O) groups excluding carboxylic acids is 1. The number of halogens is 3. The highest BCUT2D eigenvalue weighted by Gasteiger charge is 2.26. The number of aromatic nitrogens is 1. The lowest BCUT2D eigenvalue weighted by molar-refractivity contribution is -0.394. The lowest BCUT2D eigenvalue weighted by atomic mass is 10.1. The maximum Gasteiger partial charge on any atom is 0.295 e. The normalized spacial score (nSPS) is 10.6. The average Bonchev–Trinajstić information content (AvgIpc) is 3.12. The van der Waals surface area contributed by atoms with E-state index in [2.05, 4.69) is 10.3 Å². The van der Waals surface area contributed by atoms with Crippen molar-refractivity contribution in [1.82, 2.24) is 4.98 Å². The summed E-state index contributed by atoms with van der Waals surface area (Å²) in [5.74, 6) is -0.878. The lowest BCUT2D eigenvalue weighted by Crippen LogP contribution is -2.13. The monoisotopic (exact) mass is 472 g/mol. The Morgan fingerprint density at radius 2 is 1.76 bits per heavy atom. The van der Waals surface area contributed by atoms with Gasteiger partial charge < -0.3 is 0 Å². The standard InChI is InChI=1S/C16H7Cl3N4O5S/c17-10-2-1-7(3-11(10)18)12-6-29-16(20-12)21-15(24)9-4-8(22(25)26)5-13(14(9)19)23(27)28/h1-6H,(H,20,21,24). The first kappa shape index (κ1) is 20.9. The molecular formula is C16H7Cl3N4O5S. The minimum absolute atomic E-state index is 0.154. The largest absolute Gasteiger partial charge is 0.298 e. The summed E-state index contributed by atoms with van der Waals surface area (Å²) in [6.45, 7) is 0. The molecule has 3 rings (SSSR count). The summed E-state index contributed by atoms with van der Waals surface area (Å²) in [4.78, 5) is 37.1. The summed E-state index contributed by atoms with van der Waals surface area (Å²) in [7, 11) is 0. The van der Waals surface area contributed by atoms with Crippen LogP contribution in [-0.2, 0) is 0 Å². The van der Waals surface area contributed by atoms with Gasteiger partial charge in [-0.15, -0.1) is 11.3 Å². The first-order valence-electron chi connectivity index (χ1n) is 7.52. The molecule has 1 amide bonds. The Morgan fingerprint density at radius 1 is 1.03 bits per heavy atom. The zero-order valence-electron chi connectivity index (χ0n) is 13.9. The van der Waals surface area contributed by atoms with E-state index in [1.807, 2.05) is 0 Å². The number of hydrogen-bond acceptors (Lipinski definition) is 7. The van der Waals surface area contributed by atoms with Gasteiger partial charge in [0.15, 0.2) is 5.13 Å². The predicted octanol–water partition coefficient (Wildman–Crippen LogP) is 5.84. The molecule has 0 bridgehead atoms. The van der Waals surface area contributed by atoms with Crippen molar-refractivity contribution >= 4 is 68.6 Å². The third-order valence-corrected chi connectivity index (χ3v) is 5.52. The zero-order valence-corrected chi connectivity index (χ0v) is 17.0. The van der Waals surface area contributed by atoms with Crippen LogP contribution in [-0.4, -0.2) is 20.7 Å². The number of thiazole rings is 1. The molecule has 0 radical (unpaired) electrons. The molecular weight excluding hydrogens is 467 g/mol.